The van der Waals surface area contributed by atoms with Crippen LogP contribution in [0.25, 0.3) is 0 Å². The molecule has 0 aliphatic rings. The van der Waals surface area contributed by atoms with Crippen LogP contribution in [0.15, 0.2) is 59.1 Å². The van der Waals surface area contributed by atoms with Crippen molar-refractivity contribution in [1.82, 2.24) is 10.5 Å². The first-order valence-electron chi connectivity index (χ1n) is 10.4. The molecule has 1 aromatic heterocycles. The Morgan fingerprint density at radius 3 is 2.37 bits per heavy atom. The Morgan fingerprint density at radius 2 is 1.77 bits per heavy atom. The van der Waals surface area contributed by atoms with Crippen LogP contribution in [0.3, 0.4) is 0 Å². The first-order valence-corrected chi connectivity index (χ1v) is 10.4. The first kappa shape index (κ1) is 21.6. The zero-order valence-electron chi connectivity index (χ0n) is 18.1. The molecule has 0 fully saturated rings. The number of carbonyl (C=O) groups is 1. The maximum Gasteiger partial charge on any atom is 0.224 e. The van der Waals surface area contributed by atoms with Crippen molar-refractivity contribution >= 4 is 5.91 Å². The van der Waals surface area contributed by atoms with Gasteiger partial charge < -0.3 is 14.6 Å². The molecule has 1 unspecified atom stereocenters. The van der Waals surface area contributed by atoms with Crippen molar-refractivity contribution in [2.75, 3.05) is 0 Å². The van der Waals surface area contributed by atoms with Gasteiger partial charge in [-0.1, -0.05) is 61.5 Å². The van der Waals surface area contributed by atoms with Gasteiger partial charge in [0.1, 0.15) is 18.1 Å². The summed E-state index contributed by atoms with van der Waals surface area (Å²) in [6, 6.07) is 17.8. The summed E-state index contributed by atoms with van der Waals surface area (Å²) in [6.07, 6.45) is 1.25. The average molecular weight is 407 g/mol. The van der Waals surface area contributed by atoms with Gasteiger partial charge in [0.05, 0.1) is 23.7 Å². The predicted molar refractivity (Wildman–Crippen MR) is 117 cm³/mol. The summed E-state index contributed by atoms with van der Waals surface area (Å²) >= 11 is 0. The summed E-state index contributed by atoms with van der Waals surface area (Å²) in [5.41, 5.74) is 3.90. The number of hydrogen-bond donors (Lipinski definition) is 1. The third-order valence-electron chi connectivity index (χ3n) is 5.10. The fourth-order valence-electron chi connectivity index (χ4n) is 3.43. The van der Waals surface area contributed by atoms with Crippen molar-refractivity contribution in [2.24, 2.45) is 5.92 Å². The number of nitrogens with zero attached hydrogens (tertiary/aromatic N) is 1. The highest BCUT2D eigenvalue weighted by Gasteiger charge is 2.16. The Bertz CT molecular complexity index is 927. The van der Waals surface area contributed by atoms with E-state index in [0.717, 1.165) is 40.3 Å². The SMILES string of the molecule is Cc1noc(C)c1COc1ccc(CC(=O)NC(CC(C)C)c2ccccc2)cc1. The van der Waals surface area contributed by atoms with Gasteiger partial charge in [0.25, 0.3) is 0 Å². The van der Waals surface area contributed by atoms with Gasteiger partial charge >= 0.3 is 0 Å². The summed E-state index contributed by atoms with van der Waals surface area (Å²) in [7, 11) is 0. The lowest BCUT2D eigenvalue weighted by Gasteiger charge is -2.21. The second-order valence-corrected chi connectivity index (χ2v) is 8.07. The van der Waals surface area contributed by atoms with Crippen LogP contribution in [-0.4, -0.2) is 11.1 Å². The molecule has 1 atom stereocenters. The quantitative estimate of drug-likeness (QED) is 0.523. The zero-order chi connectivity index (χ0) is 21.5. The van der Waals surface area contributed by atoms with Gasteiger partial charge in [-0.05, 0) is 49.4 Å². The van der Waals surface area contributed by atoms with Crippen LogP contribution >= 0.6 is 0 Å². The number of ether oxygens (including phenoxy) is 1. The summed E-state index contributed by atoms with van der Waals surface area (Å²) in [4.78, 5) is 12.7. The van der Waals surface area contributed by atoms with Gasteiger partial charge in [-0.15, -0.1) is 0 Å². The Kier molecular flexibility index (Phi) is 7.28. The van der Waals surface area contributed by atoms with Gasteiger partial charge in [-0.2, -0.15) is 0 Å². The van der Waals surface area contributed by atoms with Crippen molar-refractivity contribution in [2.45, 2.75) is 53.2 Å². The molecule has 5 heteroatoms. The largest absolute Gasteiger partial charge is 0.489 e. The topological polar surface area (TPSA) is 64.4 Å². The van der Waals surface area contributed by atoms with E-state index in [4.69, 9.17) is 9.26 Å². The number of carbonyl (C=O) groups excluding carboxylic acids is 1. The average Bonchev–Trinajstić information content (AvgIpc) is 3.05. The van der Waals surface area contributed by atoms with Crippen molar-refractivity contribution in [3.05, 3.63) is 82.7 Å². The molecule has 0 spiro atoms. The molecule has 158 valence electrons. The minimum absolute atomic E-state index is 0.0221. The van der Waals surface area contributed by atoms with E-state index < -0.39 is 0 Å². The monoisotopic (exact) mass is 406 g/mol. The fourth-order valence-corrected chi connectivity index (χ4v) is 3.43. The molecule has 0 saturated carbocycles. The number of amides is 1. The summed E-state index contributed by atoms with van der Waals surface area (Å²) in [6.45, 7) is 8.53. The lowest BCUT2D eigenvalue weighted by Crippen LogP contribution is -2.30. The second-order valence-electron chi connectivity index (χ2n) is 8.07. The molecule has 0 bridgehead atoms. The minimum atomic E-state index is 0.0221. The van der Waals surface area contributed by atoms with Crippen LogP contribution in [-0.2, 0) is 17.8 Å². The van der Waals surface area contributed by atoms with Crippen molar-refractivity contribution in [1.29, 1.82) is 0 Å². The van der Waals surface area contributed by atoms with E-state index in [2.05, 4.69) is 36.5 Å². The first-order chi connectivity index (χ1) is 14.4. The van der Waals surface area contributed by atoms with Gasteiger partial charge in [-0.25, -0.2) is 0 Å². The van der Waals surface area contributed by atoms with Crippen molar-refractivity contribution in [3.8, 4) is 5.75 Å². The molecule has 0 saturated heterocycles. The molecule has 1 heterocycles. The number of aryl methyl sites for hydroxylation is 2. The van der Waals surface area contributed by atoms with E-state index >= 15 is 0 Å². The molecule has 1 N–H and O–H groups in total. The van der Waals surface area contributed by atoms with E-state index in [1.165, 1.54) is 0 Å². The van der Waals surface area contributed by atoms with Crippen LogP contribution < -0.4 is 10.1 Å². The lowest BCUT2D eigenvalue weighted by molar-refractivity contribution is -0.121. The summed E-state index contributed by atoms with van der Waals surface area (Å²) in [5, 5.41) is 7.14. The second kappa shape index (κ2) is 10.1. The van der Waals surface area contributed by atoms with E-state index in [9.17, 15) is 4.79 Å². The van der Waals surface area contributed by atoms with E-state index in [0.29, 0.717) is 18.9 Å². The smallest absolute Gasteiger partial charge is 0.224 e. The maximum absolute atomic E-state index is 12.7. The number of hydrogen-bond acceptors (Lipinski definition) is 4. The Hall–Kier alpha value is -3.08. The lowest BCUT2D eigenvalue weighted by atomic mass is 9.96. The van der Waals surface area contributed by atoms with Crippen LogP contribution in [0.5, 0.6) is 5.75 Å². The number of rotatable bonds is 9. The van der Waals surface area contributed by atoms with E-state index in [1.807, 2.05) is 56.3 Å². The molecular formula is C25H30N2O3. The number of aromatic nitrogens is 1. The van der Waals surface area contributed by atoms with Gasteiger partial charge in [-0.3, -0.25) is 4.79 Å². The zero-order valence-corrected chi connectivity index (χ0v) is 18.1. The number of nitrogens with one attached hydrogen (secondary N) is 1. The standard InChI is InChI=1S/C25H30N2O3/c1-17(2)14-24(21-8-6-5-7-9-21)26-25(28)15-20-10-12-22(13-11-20)29-16-23-18(3)27-30-19(23)4/h5-13,17,24H,14-16H2,1-4H3,(H,26,28). The summed E-state index contributed by atoms with van der Waals surface area (Å²) < 4.78 is 11.0. The highest BCUT2D eigenvalue weighted by atomic mass is 16.5. The molecule has 2 aromatic carbocycles. The Morgan fingerprint density at radius 1 is 1.07 bits per heavy atom. The van der Waals surface area contributed by atoms with Gasteiger partial charge in [0.15, 0.2) is 0 Å². The Balaban J connectivity index is 1.56. The molecule has 30 heavy (non-hydrogen) atoms. The Labute approximate surface area is 178 Å². The molecular weight excluding hydrogens is 376 g/mol. The fraction of sp³-hybridized carbons (Fsp3) is 0.360. The highest BCUT2D eigenvalue weighted by molar-refractivity contribution is 5.79. The van der Waals surface area contributed by atoms with Crippen LogP contribution in [0.1, 0.15) is 54.5 Å². The molecule has 5 nitrogen and oxygen atoms in total. The number of benzene rings is 2. The van der Waals surface area contributed by atoms with Gasteiger partial charge in [0.2, 0.25) is 5.91 Å². The third-order valence-corrected chi connectivity index (χ3v) is 5.10. The molecule has 3 rings (SSSR count). The van der Waals surface area contributed by atoms with Crippen molar-refractivity contribution < 1.29 is 14.1 Å². The maximum atomic E-state index is 12.7. The highest BCUT2D eigenvalue weighted by Crippen LogP contribution is 2.22. The molecule has 0 aliphatic carbocycles. The van der Waals surface area contributed by atoms with Crippen molar-refractivity contribution in [3.63, 3.8) is 0 Å². The van der Waals surface area contributed by atoms with Crippen LogP contribution in [0.4, 0.5) is 0 Å². The van der Waals surface area contributed by atoms with E-state index in [1.54, 1.807) is 0 Å². The third kappa shape index (κ3) is 5.96. The van der Waals surface area contributed by atoms with Gasteiger partial charge in [0, 0.05) is 0 Å². The predicted octanol–water partition coefficient (Wildman–Crippen LogP) is 5.32. The van der Waals surface area contributed by atoms with Crippen LogP contribution in [0.2, 0.25) is 0 Å². The molecule has 0 radical (unpaired) electrons. The molecule has 0 aliphatic heterocycles. The molecule has 1 amide bonds. The molecule has 3 aromatic rings. The minimum Gasteiger partial charge on any atom is -0.489 e. The van der Waals surface area contributed by atoms with Crippen LogP contribution in [0, 0.1) is 19.8 Å². The summed E-state index contributed by atoms with van der Waals surface area (Å²) in [5.74, 6) is 2.04. The normalized spacial score (nSPS) is 12.0. The van der Waals surface area contributed by atoms with E-state index in [-0.39, 0.29) is 11.9 Å².